The van der Waals surface area contributed by atoms with E-state index < -0.39 is 0 Å². The van der Waals surface area contributed by atoms with Gasteiger partial charge in [0.2, 0.25) is 0 Å². The standard InChI is InChI=1S/C14H16O2.C2H6/c1-11-3-6-13(7-4-11)8-10-14(16)9-5-12(2)15;1-2/h3-4,6-8,10H,5,9H2,1-2H3;1-2H3/b10-8+;. The predicted molar refractivity (Wildman–Crippen MR) is 76.5 cm³/mol. The maximum absolute atomic E-state index is 11.3. The van der Waals surface area contributed by atoms with E-state index in [1.807, 2.05) is 45.0 Å². The van der Waals surface area contributed by atoms with Gasteiger partial charge in [0.15, 0.2) is 5.78 Å². The Bertz CT molecular complexity index is 400. The van der Waals surface area contributed by atoms with Crippen molar-refractivity contribution in [2.45, 2.75) is 40.5 Å². The molecule has 18 heavy (non-hydrogen) atoms. The van der Waals surface area contributed by atoms with Crippen LogP contribution >= 0.6 is 0 Å². The lowest BCUT2D eigenvalue weighted by Gasteiger charge is -1.95. The zero-order valence-corrected chi connectivity index (χ0v) is 11.7. The Kier molecular flexibility index (Phi) is 8.46. The summed E-state index contributed by atoms with van der Waals surface area (Å²) in [6.45, 7) is 7.52. The third-order valence-electron chi connectivity index (χ3n) is 2.26. The molecule has 0 aliphatic rings. The number of allylic oxidation sites excluding steroid dienone is 1. The number of ketones is 2. The van der Waals surface area contributed by atoms with Crippen LogP contribution in [0, 0.1) is 6.92 Å². The van der Waals surface area contributed by atoms with Gasteiger partial charge in [-0.2, -0.15) is 0 Å². The largest absolute Gasteiger partial charge is 0.300 e. The molecule has 0 spiro atoms. The van der Waals surface area contributed by atoms with Gasteiger partial charge in [-0.1, -0.05) is 49.8 Å². The molecular weight excluding hydrogens is 224 g/mol. The van der Waals surface area contributed by atoms with Crippen LogP contribution < -0.4 is 0 Å². The molecule has 1 rings (SSSR count). The highest BCUT2D eigenvalue weighted by molar-refractivity contribution is 5.95. The molecule has 0 aromatic heterocycles. The molecular formula is C16H22O2. The molecule has 0 heterocycles. The second kappa shape index (κ2) is 9.34. The fourth-order valence-electron chi connectivity index (χ4n) is 1.25. The van der Waals surface area contributed by atoms with Crippen molar-refractivity contribution in [1.29, 1.82) is 0 Å². The molecule has 0 saturated carbocycles. The summed E-state index contributed by atoms with van der Waals surface area (Å²) in [7, 11) is 0. The second-order valence-electron chi connectivity index (χ2n) is 3.91. The lowest BCUT2D eigenvalue weighted by Crippen LogP contribution is -1.97. The maximum Gasteiger partial charge on any atom is 0.156 e. The number of benzene rings is 1. The van der Waals surface area contributed by atoms with Gasteiger partial charge < -0.3 is 4.79 Å². The molecule has 2 heteroatoms. The lowest BCUT2D eigenvalue weighted by atomic mass is 10.1. The van der Waals surface area contributed by atoms with Crippen LogP contribution in [0.15, 0.2) is 30.3 Å². The van der Waals surface area contributed by atoms with Crippen LogP contribution in [0.4, 0.5) is 0 Å². The summed E-state index contributed by atoms with van der Waals surface area (Å²) in [5.41, 5.74) is 2.20. The summed E-state index contributed by atoms with van der Waals surface area (Å²) in [4.78, 5) is 22.0. The Morgan fingerprint density at radius 3 is 2.11 bits per heavy atom. The molecule has 0 saturated heterocycles. The summed E-state index contributed by atoms with van der Waals surface area (Å²) in [5, 5.41) is 0. The average molecular weight is 246 g/mol. The molecule has 1 aromatic rings. The van der Waals surface area contributed by atoms with Gasteiger partial charge in [-0.15, -0.1) is 0 Å². The highest BCUT2D eigenvalue weighted by Crippen LogP contribution is 2.05. The van der Waals surface area contributed by atoms with Crippen molar-refractivity contribution in [3.63, 3.8) is 0 Å². The van der Waals surface area contributed by atoms with E-state index in [-0.39, 0.29) is 11.6 Å². The van der Waals surface area contributed by atoms with Crippen molar-refractivity contribution in [3.8, 4) is 0 Å². The predicted octanol–water partition coefficient (Wildman–Crippen LogP) is 3.97. The first-order chi connectivity index (χ1) is 8.58. The van der Waals surface area contributed by atoms with Gasteiger partial charge in [-0.3, -0.25) is 4.79 Å². The monoisotopic (exact) mass is 246 g/mol. The van der Waals surface area contributed by atoms with Crippen molar-refractivity contribution in [2.24, 2.45) is 0 Å². The van der Waals surface area contributed by atoms with E-state index >= 15 is 0 Å². The van der Waals surface area contributed by atoms with Crippen LogP contribution in [-0.4, -0.2) is 11.6 Å². The van der Waals surface area contributed by atoms with Crippen molar-refractivity contribution < 1.29 is 9.59 Å². The molecule has 0 radical (unpaired) electrons. The Morgan fingerprint density at radius 2 is 1.61 bits per heavy atom. The molecule has 0 atom stereocenters. The number of rotatable bonds is 5. The summed E-state index contributed by atoms with van der Waals surface area (Å²) >= 11 is 0. The quantitative estimate of drug-likeness (QED) is 0.737. The van der Waals surface area contributed by atoms with E-state index in [1.54, 1.807) is 6.08 Å². The first kappa shape index (κ1) is 16.3. The maximum atomic E-state index is 11.3. The van der Waals surface area contributed by atoms with Crippen LogP contribution in [-0.2, 0) is 9.59 Å². The van der Waals surface area contributed by atoms with Crippen molar-refractivity contribution >= 4 is 17.6 Å². The van der Waals surface area contributed by atoms with Crippen molar-refractivity contribution in [2.75, 3.05) is 0 Å². The zero-order chi connectivity index (χ0) is 14.0. The number of hydrogen-bond donors (Lipinski definition) is 0. The fraction of sp³-hybridized carbons (Fsp3) is 0.375. The SMILES string of the molecule is CC.CC(=O)CCC(=O)/C=C/c1ccc(C)cc1. The van der Waals surface area contributed by atoms with E-state index in [0.29, 0.717) is 12.8 Å². The van der Waals surface area contributed by atoms with Crippen LogP contribution in [0.25, 0.3) is 6.08 Å². The van der Waals surface area contributed by atoms with Gasteiger partial charge in [0.25, 0.3) is 0 Å². The van der Waals surface area contributed by atoms with Crippen molar-refractivity contribution in [1.82, 2.24) is 0 Å². The van der Waals surface area contributed by atoms with Gasteiger partial charge in [-0.25, -0.2) is 0 Å². The minimum absolute atomic E-state index is 0.00391. The average Bonchev–Trinajstić information content (AvgIpc) is 2.38. The van der Waals surface area contributed by atoms with Gasteiger partial charge in [0.1, 0.15) is 5.78 Å². The Balaban J connectivity index is 0.00000137. The van der Waals surface area contributed by atoms with Gasteiger partial charge in [0, 0.05) is 12.8 Å². The first-order valence-corrected chi connectivity index (χ1v) is 6.35. The molecule has 0 amide bonds. The molecule has 1 aromatic carbocycles. The summed E-state index contributed by atoms with van der Waals surface area (Å²) in [6.07, 6.45) is 3.95. The number of hydrogen-bond acceptors (Lipinski definition) is 2. The molecule has 2 nitrogen and oxygen atoms in total. The number of Topliss-reactive ketones (excluding diaryl/α,β-unsaturated/α-hetero) is 1. The van der Waals surface area contributed by atoms with Gasteiger partial charge >= 0.3 is 0 Å². The van der Waals surface area contributed by atoms with E-state index in [1.165, 1.54) is 18.6 Å². The smallest absolute Gasteiger partial charge is 0.156 e. The number of carbonyl (C=O) groups excluding carboxylic acids is 2. The summed E-state index contributed by atoms with van der Waals surface area (Å²) in [5.74, 6) is 0.0489. The Labute approximate surface area is 110 Å². The molecule has 0 N–H and O–H groups in total. The molecule has 0 unspecified atom stereocenters. The van der Waals surface area contributed by atoms with E-state index in [0.717, 1.165) is 5.56 Å². The molecule has 0 bridgehead atoms. The summed E-state index contributed by atoms with van der Waals surface area (Å²) in [6, 6.07) is 7.92. The fourth-order valence-corrected chi connectivity index (χ4v) is 1.25. The van der Waals surface area contributed by atoms with Crippen LogP contribution in [0.1, 0.15) is 44.7 Å². The van der Waals surface area contributed by atoms with Crippen LogP contribution in [0.3, 0.4) is 0 Å². The van der Waals surface area contributed by atoms with E-state index in [2.05, 4.69) is 0 Å². The number of carbonyl (C=O) groups is 2. The first-order valence-electron chi connectivity index (χ1n) is 6.35. The third-order valence-corrected chi connectivity index (χ3v) is 2.26. The highest BCUT2D eigenvalue weighted by atomic mass is 16.1. The van der Waals surface area contributed by atoms with E-state index in [4.69, 9.17) is 0 Å². The van der Waals surface area contributed by atoms with Crippen LogP contribution in [0.2, 0.25) is 0 Å². The second-order valence-corrected chi connectivity index (χ2v) is 3.91. The Morgan fingerprint density at radius 1 is 1.06 bits per heavy atom. The van der Waals surface area contributed by atoms with Gasteiger partial charge in [0.05, 0.1) is 0 Å². The van der Waals surface area contributed by atoms with Crippen molar-refractivity contribution in [3.05, 3.63) is 41.5 Å². The molecule has 0 fully saturated rings. The summed E-state index contributed by atoms with van der Waals surface area (Å²) < 4.78 is 0. The zero-order valence-electron chi connectivity index (χ0n) is 11.7. The van der Waals surface area contributed by atoms with Crippen LogP contribution in [0.5, 0.6) is 0 Å². The van der Waals surface area contributed by atoms with E-state index in [9.17, 15) is 9.59 Å². The number of aryl methyl sites for hydroxylation is 1. The highest BCUT2D eigenvalue weighted by Gasteiger charge is 1.99. The normalized spacial score (nSPS) is 9.78. The van der Waals surface area contributed by atoms with Gasteiger partial charge in [-0.05, 0) is 25.5 Å². The minimum Gasteiger partial charge on any atom is -0.300 e. The molecule has 0 aliphatic heterocycles. The third kappa shape index (κ3) is 7.55. The molecule has 98 valence electrons. The minimum atomic E-state index is -0.00391. The topological polar surface area (TPSA) is 34.1 Å². The molecule has 0 aliphatic carbocycles. The lowest BCUT2D eigenvalue weighted by molar-refractivity contribution is -0.120. The Hall–Kier alpha value is -1.70.